The van der Waals surface area contributed by atoms with Gasteiger partial charge in [0.05, 0.1) is 12.7 Å². The van der Waals surface area contributed by atoms with Crippen molar-refractivity contribution in [2.75, 3.05) is 20.3 Å². The highest BCUT2D eigenvalue weighted by atomic mass is 16.5. The van der Waals surface area contributed by atoms with E-state index in [-0.39, 0.29) is 13.2 Å². The van der Waals surface area contributed by atoms with Crippen molar-refractivity contribution < 1.29 is 19.7 Å². The predicted molar refractivity (Wildman–Crippen MR) is 56.8 cm³/mol. The van der Waals surface area contributed by atoms with Crippen LogP contribution < -0.4 is 5.32 Å². The van der Waals surface area contributed by atoms with E-state index in [4.69, 9.17) is 9.84 Å². The molecule has 0 saturated carbocycles. The molecule has 2 unspecified atom stereocenters. The molecule has 0 saturated heterocycles. The number of hydrogen-bond acceptors (Lipinski definition) is 4. The standard InChI is InChI=1S/C10H21NO4/c1-7(2)4-8(12)5-11-9(6-15-3)10(13)14/h7-9,11-12H,4-6H2,1-3H3,(H,13,14). The van der Waals surface area contributed by atoms with Gasteiger partial charge in [0.2, 0.25) is 0 Å². The Balaban J connectivity index is 3.83. The number of aliphatic carboxylic acids is 1. The number of methoxy groups -OCH3 is 1. The molecular formula is C10H21NO4. The predicted octanol–water partition coefficient (Wildman–Crippen LogP) is 0.0826. The van der Waals surface area contributed by atoms with Crippen molar-refractivity contribution in [1.82, 2.24) is 5.32 Å². The van der Waals surface area contributed by atoms with Crippen molar-refractivity contribution >= 4 is 5.97 Å². The summed E-state index contributed by atoms with van der Waals surface area (Å²) in [7, 11) is 1.45. The van der Waals surface area contributed by atoms with Crippen LogP contribution in [0, 0.1) is 5.92 Å². The molecule has 0 bridgehead atoms. The van der Waals surface area contributed by atoms with Crippen LogP contribution in [0.5, 0.6) is 0 Å². The van der Waals surface area contributed by atoms with Crippen molar-refractivity contribution in [1.29, 1.82) is 0 Å². The molecule has 0 spiro atoms. The zero-order chi connectivity index (χ0) is 11.8. The first-order chi connectivity index (χ1) is 6.97. The summed E-state index contributed by atoms with van der Waals surface area (Å²) in [6, 6.07) is -0.753. The van der Waals surface area contributed by atoms with Gasteiger partial charge >= 0.3 is 5.97 Å². The lowest BCUT2D eigenvalue weighted by atomic mass is 10.1. The topological polar surface area (TPSA) is 78.8 Å². The number of carbonyl (C=O) groups is 1. The third-order valence-electron chi connectivity index (χ3n) is 1.97. The fourth-order valence-corrected chi connectivity index (χ4v) is 1.29. The van der Waals surface area contributed by atoms with Gasteiger partial charge in [0.15, 0.2) is 0 Å². The van der Waals surface area contributed by atoms with Gasteiger partial charge < -0.3 is 14.9 Å². The van der Waals surface area contributed by atoms with Gasteiger partial charge in [-0.2, -0.15) is 0 Å². The van der Waals surface area contributed by atoms with E-state index in [1.807, 2.05) is 13.8 Å². The Kier molecular flexibility index (Phi) is 7.29. The Hall–Kier alpha value is -0.650. The van der Waals surface area contributed by atoms with E-state index in [1.54, 1.807) is 0 Å². The molecule has 0 aliphatic heterocycles. The largest absolute Gasteiger partial charge is 0.480 e. The molecule has 0 aliphatic carbocycles. The number of hydrogen-bond donors (Lipinski definition) is 3. The molecule has 0 amide bonds. The Morgan fingerprint density at radius 1 is 1.47 bits per heavy atom. The maximum Gasteiger partial charge on any atom is 0.323 e. The van der Waals surface area contributed by atoms with Crippen LogP contribution in [0.1, 0.15) is 20.3 Å². The summed E-state index contributed by atoms with van der Waals surface area (Å²) < 4.78 is 4.75. The summed E-state index contributed by atoms with van der Waals surface area (Å²) in [6.45, 7) is 4.39. The van der Waals surface area contributed by atoms with Gasteiger partial charge in [-0.15, -0.1) is 0 Å². The monoisotopic (exact) mass is 219 g/mol. The fraction of sp³-hybridized carbons (Fsp3) is 0.900. The van der Waals surface area contributed by atoms with Crippen LogP contribution in [0.3, 0.4) is 0 Å². The lowest BCUT2D eigenvalue weighted by molar-refractivity contribution is -0.141. The van der Waals surface area contributed by atoms with E-state index < -0.39 is 18.1 Å². The second-order valence-electron chi connectivity index (χ2n) is 4.04. The van der Waals surface area contributed by atoms with Crippen molar-refractivity contribution in [2.24, 2.45) is 5.92 Å². The summed E-state index contributed by atoms with van der Waals surface area (Å²) in [5, 5.41) is 21.0. The molecule has 15 heavy (non-hydrogen) atoms. The minimum absolute atomic E-state index is 0.101. The maximum absolute atomic E-state index is 10.7. The van der Waals surface area contributed by atoms with Crippen molar-refractivity contribution in [2.45, 2.75) is 32.4 Å². The molecule has 5 nitrogen and oxygen atoms in total. The van der Waals surface area contributed by atoms with Crippen LogP contribution in [0.2, 0.25) is 0 Å². The summed E-state index contributed by atoms with van der Waals surface area (Å²) in [5.41, 5.74) is 0. The minimum Gasteiger partial charge on any atom is -0.480 e. The van der Waals surface area contributed by atoms with Crippen LogP contribution in [0.25, 0.3) is 0 Å². The second-order valence-corrected chi connectivity index (χ2v) is 4.04. The minimum atomic E-state index is -0.964. The summed E-state index contributed by atoms with van der Waals surface area (Å²) in [5.74, 6) is -0.568. The smallest absolute Gasteiger partial charge is 0.323 e. The zero-order valence-electron chi connectivity index (χ0n) is 9.56. The van der Waals surface area contributed by atoms with Gasteiger partial charge in [0.1, 0.15) is 6.04 Å². The van der Waals surface area contributed by atoms with Gasteiger partial charge in [-0.05, 0) is 12.3 Å². The molecule has 0 aromatic carbocycles. The highest BCUT2D eigenvalue weighted by Gasteiger charge is 2.17. The van der Waals surface area contributed by atoms with E-state index in [2.05, 4.69) is 5.32 Å². The average Bonchev–Trinajstić information content (AvgIpc) is 2.10. The number of nitrogens with one attached hydrogen (secondary N) is 1. The van der Waals surface area contributed by atoms with Crippen LogP contribution in [-0.4, -0.2) is 48.6 Å². The SMILES string of the molecule is COCC(NCC(O)CC(C)C)C(=O)O. The van der Waals surface area contributed by atoms with Crippen LogP contribution in [0.15, 0.2) is 0 Å². The molecule has 5 heteroatoms. The number of ether oxygens (including phenoxy) is 1. The average molecular weight is 219 g/mol. The Morgan fingerprint density at radius 2 is 2.07 bits per heavy atom. The lowest BCUT2D eigenvalue weighted by Crippen LogP contribution is -2.44. The fourth-order valence-electron chi connectivity index (χ4n) is 1.29. The van der Waals surface area contributed by atoms with Crippen molar-refractivity contribution in [3.63, 3.8) is 0 Å². The summed E-state index contributed by atoms with van der Waals surface area (Å²) in [6.07, 6.45) is 0.149. The molecule has 0 rings (SSSR count). The number of rotatable bonds is 8. The van der Waals surface area contributed by atoms with Gasteiger partial charge in [0, 0.05) is 13.7 Å². The van der Waals surface area contributed by atoms with Crippen LogP contribution in [-0.2, 0) is 9.53 Å². The molecule has 0 aromatic heterocycles. The van der Waals surface area contributed by atoms with E-state index in [1.165, 1.54) is 7.11 Å². The van der Waals surface area contributed by atoms with Gasteiger partial charge in [0.25, 0.3) is 0 Å². The Labute approximate surface area is 90.4 Å². The number of aliphatic hydroxyl groups excluding tert-OH is 1. The van der Waals surface area contributed by atoms with Crippen LogP contribution >= 0.6 is 0 Å². The Bertz CT molecular complexity index is 184. The zero-order valence-corrected chi connectivity index (χ0v) is 9.56. The third kappa shape index (κ3) is 7.30. The van der Waals surface area contributed by atoms with E-state index in [0.717, 1.165) is 0 Å². The number of carboxylic acid groups (broad SMARTS) is 1. The van der Waals surface area contributed by atoms with E-state index in [9.17, 15) is 9.90 Å². The first-order valence-electron chi connectivity index (χ1n) is 5.10. The highest BCUT2D eigenvalue weighted by Crippen LogP contribution is 2.03. The molecule has 2 atom stereocenters. The van der Waals surface area contributed by atoms with E-state index in [0.29, 0.717) is 12.3 Å². The normalized spacial score (nSPS) is 15.3. The molecule has 0 heterocycles. The molecule has 90 valence electrons. The van der Waals surface area contributed by atoms with Gasteiger partial charge in [-0.3, -0.25) is 10.1 Å². The molecule has 0 radical (unpaired) electrons. The quantitative estimate of drug-likeness (QED) is 0.539. The first-order valence-corrected chi connectivity index (χ1v) is 5.10. The van der Waals surface area contributed by atoms with Crippen molar-refractivity contribution in [3.8, 4) is 0 Å². The third-order valence-corrected chi connectivity index (χ3v) is 1.97. The summed E-state index contributed by atoms with van der Waals surface area (Å²) >= 11 is 0. The molecule has 3 N–H and O–H groups in total. The lowest BCUT2D eigenvalue weighted by Gasteiger charge is -2.17. The molecular weight excluding hydrogens is 198 g/mol. The number of carboxylic acids is 1. The molecule has 0 aromatic rings. The van der Waals surface area contributed by atoms with Gasteiger partial charge in [-0.1, -0.05) is 13.8 Å². The van der Waals surface area contributed by atoms with Crippen LogP contribution in [0.4, 0.5) is 0 Å². The molecule has 0 aliphatic rings. The highest BCUT2D eigenvalue weighted by molar-refractivity contribution is 5.73. The summed E-state index contributed by atoms with van der Waals surface area (Å²) in [4.78, 5) is 10.7. The van der Waals surface area contributed by atoms with Gasteiger partial charge in [-0.25, -0.2) is 0 Å². The molecule has 0 fully saturated rings. The van der Waals surface area contributed by atoms with Crippen molar-refractivity contribution in [3.05, 3.63) is 0 Å². The first kappa shape index (κ1) is 14.3. The maximum atomic E-state index is 10.7. The van der Waals surface area contributed by atoms with E-state index >= 15 is 0 Å². The number of aliphatic hydroxyl groups is 1. The Morgan fingerprint density at radius 3 is 2.47 bits per heavy atom. The second kappa shape index (κ2) is 7.62.